The summed E-state index contributed by atoms with van der Waals surface area (Å²) in [6.07, 6.45) is 0. The molecular weight excluding hydrogens is 330 g/mol. The number of carbonyl (C=O) groups excluding carboxylic acids is 1. The number of para-hydroxylation sites is 1. The molecule has 0 spiro atoms. The Morgan fingerprint density at radius 2 is 1.89 bits per heavy atom. The van der Waals surface area contributed by atoms with Crippen molar-refractivity contribution in [3.05, 3.63) is 52.0 Å². The molecule has 0 unspecified atom stereocenters. The normalized spacial score (nSPS) is 10.0. The van der Waals surface area contributed by atoms with Gasteiger partial charge in [0.25, 0.3) is 0 Å². The van der Waals surface area contributed by atoms with Crippen LogP contribution in [-0.4, -0.2) is 6.03 Å². The second-order valence-electron chi connectivity index (χ2n) is 3.80. The van der Waals surface area contributed by atoms with Gasteiger partial charge in [-0.15, -0.1) is 0 Å². The number of rotatable bonds is 2. The topological polar surface area (TPSA) is 67.1 Å². The van der Waals surface area contributed by atoms with Crippen molar-refractivity contribution in [2.75, 3.05) is 16.4 Å². The molecule has 2 aromatic carbocycles. The average molecular weight is 341 g/mol. The third-order valence-corrected chi connectivity index (χ3v) is 3.43. The van der Waals surface area contributed by atoms with Gasteiger partial charge in [-0.3, -0.25) is 0 Å². The van der Waals surface area contributed by atoms with Crippen molar-refractivity contribution in [1.29, 1.82) is 0 Å². The quantitative estimate of drug-likeness (QED) is 0.712. The van der Waals surface area contributed by atoms with Crippen molar-refractivity contribution in [1.82, 2.24) is 0 Å². The van der Waals surface area contributed by atoms with E-state index in [1.54, 1.807) is 42.5 Å². The molecular formula is C13H11BrClN3O. The molecule has 0 radical (unpaired) electrons. The average Bonchev–Trinajstić information content (AvgIpc) is 2.37. The highest BCUT2D eigenvalue weighted by Crippen LogP contribution is 2.24. The Morgan fingerprint density at radius 1 is 1.16 bits per heavy atom. The maximum atomic E-state index is 11.8. The van der Waals surface area contributed by atoms with Gasteiger partial charge in [0.1, 0.15) is 0 Å². The van der Waals surface area contributed by atoms with Crippen LogP contribution in [0.1, 0.15) is 0 Å². The van der Waals surface area contributed by atoms with E-state index in [1.165, 1.54) is 0 Å². The molecule has 2 aromatic rings. The van der Waals surface area contributed by atoms with Gasteiger partial charge >= 0.3 is 6.03 Å². The SMILES string of the molecule is Nc1cc(NC(=O)Nc2ccccc2Cl)ccc1Br. The number of anilines is 3. The molecule has 0 atom stereocenters. The van der Waals surface area contributed by atoms with E-state index in [4.69, 9.17) is 17.3 Å². The van der Waals surface area contributed by atoms with Crippen LogP contribution in [0.15, 0.2) is 46.9 Å². The van der Waals surface area contributed by atoms with Gasteiger partial charge in [-0.1, -0.05) is 23.7 Å². The molecule has 0 aromatic heterocycles. The van der Waals surface area contributed by atoms with Crippen molar-refractivity contribution < 1.29 is 4.79 Å². The van der Waals surface area contributed by atoms with Gasteiger partial charge < -0.3 is 16.4 Å². The molecule has 0 aliphatic heterocycles. The molecule has 0 saturated heterocycles. The maximum Gasteiger partial charge on any atom is 0.323 e. The van der Waals surface area contributed by atoms with Crippen molar-refractivity contribution in [2.45, 2.75) is 0 Å². The zero-order chi connectivity index (χ0) is 13.8. The fourth-order valence-corrected chi connectivity index (χ4v) is 1.90. The Bertz CT molecular complexity index is 619. The van der Waals surface area contributed by atoms with Gasteiger partial charge in [0, 0.05) is 15.8 Å². The molecule has 4 N–H and O–H groups in total. The largest absolute Gasteiger partial charge is 0.398 e. The van der Waals surface area contributed by atoms with Gasteiger partial charge in [-0.25, -0.2) is 4.79 Å². The molecule has 0 bridgehead atoms. The van der Waals surface area contributed by atoms with Gasteiger partial charge in [0.15, 0.2) is 0 Å². The van der Waals surface area contributed by atoms with E-state index in [-0.39, 0.29) is 6.03 Å². The maximum absolute atomic E-state index is 11.8. The first kappa shape index (κ1) is 13.7. The molecule has 0 aliphatic carbocycles. The van der Waals surface area contributed by atoms with Crippen LogP contribution in [0.25, 0.3) is 0 Å². The van der Waals surface area contributed by atoms with E-state index in [0.717, 1.165) is 4.47 Å². The summed E-state index contributed by atoms with van der Waals surface area (Å²) in [6.45, 7) is 0. The van der Waals surface area contributed by atoms with Gasteiger partial charge in [-0.05, 0) is 46.3 Å². The summed E-state index contributed by atoms with van der Waals surface area (Å²) in [5.41, 5.74) is 7.43. The second-order valence-corrected chi connectivity index (χ2v) is 5.06. The third kappa shape index (κ3) is 3.62. The zero-order valence-corrected chi connectivity index (χ0v) is 12.1. The molecule has 2 amide bonds. The highest BCUT2D eigenvalue weighted by molar-refractivity contribution is 9.10. The van der Waals surface area contributed by atoms with Crippen LogP contribution in [0.4, 0.5) is 21.9 Å². The lowest BCUT2D eigenvalue weighted by Crippen LogP contribution is -2.19. The van der Waals surface area contributed by atoms with Crippen molar-refractivity contribution in [2.24, 2.45) is 0 Å². The fourth-order valence-electron chi connectivity index (χ4n) is 1.47. The lowest BCUT2D eigenvalue weighted by molar-refractivity contribution is 0.262. The van der Waals surface area contributed by atoms with Gasteiger partial charge in [-0.2, -0.15) is 0 Å². The number of carbonyl (C=O) groups is 1. The van der Waals surface area contributed by atoms with Crippen molar-refractivity contribution >= 4 is 50.6 Å². The van der Waals surface area contributed by atoms with E-state index < -0.39 is 0 Å². The summed E-state index contributed by atoms with van der Waals surface area (Å²) in [7, 11) is 0. The molecule has 19 heavy (non-hydrogen) atoms. The van der Waals surface area contributed by atoms with Crippen molar-refractivity contribution in [3.63, 3.8) is 0 Å². The zero-order valence-electron chi connectivity index (χ0n) is 9.78. The lowest BCUT2D eigenvalue weighted by Gasteiger charge is -2.09. The standard InChI is InChI=1S/C13H11BrClN3O/c14-9-6-5-8(7-11(9)16)17-13(19)18-12-4-2-1-3-10(12)15/h1-7H,16H2,(H2,17,18,19). The van der Waals surface area contributed by atoms with E-state index >= 15 is 0 Å². The Hall–Kier alpha value is -1.72. The van der Waals surface area contributed by atoms with Gasteiger partial charge in [0.05, 0.1) is 10.7 Å². The minimum atomic E-state index is -0.380. The number of benzene rings is 2. The molecule has 4 nitrogen and oxygen atoms in total. The Morgan fingerprint density at radius 3 is 2.58 bits per heavy atom. The van der Waals surface area contributed by atoms with Crippen LogP contribution < -0.4 is 16.4 Å². The fraction of sp³-hybridized carbons (Fsp3) is 0. The molecule has 6 heteroatoms. The minimum absolute atomic E-state index is 0.380. The summed E-state index contributed by atoms with van der Waals surface area (Å²) in [6, 6.07) is 11.8. The van der Waals surface area contributed by atoms with Crippen molar-refractivity contribution in [3.8, 4) is 0 Å². The summed E-state index contributed by atoms with van der Waals surface area (Å²) in [4.78, 5) is 11.8. The van der Waals surface area contributed by atoms with E-state index in [2.05, 4.69) is 26.6 Å². The summed E-state index contributed by atoms with van der Waals surface area (Å²) >= 11 is 9.24. The highest BCUT2D eigenvalue weighted by Gasteiger charge is 2.06. The van der Waals surface area contributed by atoms with Crippen LogP contribution in [0.3, 0.4) is 0 Å². The van der Waals surface area contributed by atoms with Crippen LogP contribution >= 0.6 is 27.5 Å². The summed E-state index contributed by atoms with van der Waals surface area (Å²) in [5.74, 6) is 0. The molecule has 98 valence electrons. The number of hydrogen-bond donors (Lipinski definition) is 3. The first-order valence-corrected chi connectivity index (χ1v) is 6.61. The number of amides is 2. The smallest absolute Gasteiger partial charge is 0.323 e. The summed E-state index contributed by atoms with van der Waals surface area (Å²) in [5, 5.41) is 5.81. The first-order valence-electron chi connectivity index (χ1n) is 5.44. The molecule has 0 fully saturated rings. The van der Waals surface area contributed by atoms with Crippen LogP contribution in [0.2, 0.25) is 5.02 Å². The second kappa shape index (κ2) is 5.95. The predicted octanol–water partition coefficient (Wildman–Crippen LogP) is 4.33. The molecule has 2 rings (SSSR count). The van der Waals surface area contributed by atoms with E-state index in [1.807, 2.05) is 0 Å². The lowest BCUT2D eigenvalue weighted by atomic mass is 10.3. The molecule has 0 aliphatic rings. The number of urea groups is 1. The summed E-state index contributed by atoms with van der Waals surface area (Å²) < 4.78 is 0.782. The molecule has 0 heterocycles. The molecule has 0 saturated carbocycles. The first-order chi connectivity index (χ1) is 9.06. The third-order valence-electron chi connectivity index (χ3n) is 2.38. The highest BCUT2D eigenvalue weighted by atomic mass is 79.9. The predicted molar refractivity (Wildman–Crippen MR) is 82.6 cm³/mol. The number of halogens is 2. The van der Waals surface area contributed by atoms with E-state index in [0.29, 0.717) is 22.1 Å². The van der Waals surface area contributed by atoms with Crippen LogP contribution in [0.5, 0.6) is 0 Å². The van der Waals surface area contributed by atoms with Gasteiger partial charge in [0.2, 0.25) is 0 Å². The minimum Gasteiger partial charge on any atom is -0.398 e. The number of nitrogens with two attached hydrogens (primary N) is 1. The number of hydrogen-bond acceptors (Lipinski definition) is 2. The monoisotopic (exact) mass is 339 g/mol. The Kier molecular flexibility index (Phi) is 4.29. The van der Waals surface area contributed by atoms with E-state index in [9.17, 15) is 4.79 Å². The Balaban J connectivity index is 2.05. The van der Waals surface area contributed by atoms with Crippen LogP contribution in [0, 0.1) is 0 Å². The Labute approximate surface area is 124 Å². The number of nitrogen functional groups attached to an aromatic ring is 1. The number of nitrogens with one attached hydrogen (secondary N) is 2. The van der Waals surface area contributed by atoms with Crippen LogP contribution in [-0.2, 0) is 0 Å².